The molecular weight excluding hydrogens is 330 g/mol. The van der Waals surface area contributed by atoms with Crippen molar-refractivity contribution in [2.45, 2.75) is 26.3 Å². The Morgan fingerprint density at radius 2 is 1.92 bits per heavy atom. The van der Waals surface area contributed by atoms with E-state index in [0.29, 0.717) is 24.6 Å². The van der Waals surface area contributed by atoms with Crippen LogP contribution in [0.1, 0.15) is 18.9 Å². The van der Waals surface area contributed by atoms with E-state index in [1.54, 1.807) is 17.0 Å². The average molecular weight is 353 g/mol. The van der Waals surface area contributed by atoms with Gasteiger partial charge in [-0.05, 0) is 38.1 Å². The number of ether oxygens (including phenoxy) is 1. The van der Waals surface area contributed by atoms with Gasteiger partial charge in [0.1, 0.15) is 5.75 Å². The number of carbonyl (C=O) groups excluding carboxylic acids is 2. The fourth-order valence-corrected chi connectivity index (χ4v) is 2.97. The number of para-hydroxylation sites is 2. The fourth-order valence-electron chi connectivity index (χ4n) is 2.97. The van der Waals surface area contributed by atoms with Gasteiger partial charge < -0.3 is 20.3 Å². The minimum atomic E-state index is -0.347. The van der Waals surface area contributed by atoms with Crippen LogP contribution < -0.4 is 20.3 Å². The van der Waals surface area contributed by atoms with Crippen LogP contribution in [0.4, 0.5) is 16.2 Å². The van der Waals surface area contributed by atoms with Crippen molar-refractivity contribution in [2.75, 3.05) is 23.4 Å². The molecule has 0 radical (unpaired) electrons. The Bertz CT molecular complexity index is 789. The first-order chi connectivity index (χ1) is 12.6. The number of benzene rings is 2. The molecule has 2 aromatic rings. The van der Waals surface area contributed by atoms with E-state index in [1.165, 1.54) is 0 Å². The first kappa shape index (κ1) is 17.8. The summed E-state index contributed by atoms with van der Waals surface area (Å²) in [4.78, 5) is 26.3. The lowest BCUT2D eigenvalue weighted by Crippen LogP contribution is -2.39. The molecule has 0 aromatic heterocycles. The third-order valence-electron chi connectivity index (χ3n) is 4.24. The number of anilines is 2. The van der Waals surface area contributed by atoms with Crippen LogP contribution in [0.5, 0.6) is 5.75 Å². The summed E-state index contributed by atoms with van der Waals surface area (Å²) >= 11 is 0. The number of amides is 3. The van der Waals surface area contributed by atoms with Crippen molar-refractivity contribution in [3.05, 3.63) is 54.1 Å². The summed E-state index contributed by atoms with van der Waals surface area (Å²) in [5, 5.41) is 5.66. The third-order valence-corrected chi connectivity index (χ3v) is 4.24. The highest BCUT2D eigenvalue weighted by molar-refractivity contribution is 5.98. The molecule has 0 spiro atoms. The van der Waals surface area contributed by atoms with E-state index < -0.39 is 0 Å². The topological polar surface area (TPSA) is 70.7 Å². The van der Waals surface area contributed by atoms with Crippen molar-refractivity contribution < 1.29 is 14.3 Å². The number of hydrogen-bond donors (Lipinski definition) is 2. The standard InChI is InChI=1S/C20H23N3O3/c1-3-26-18-7-5-4-6-17(18)22-20(25)21-15-12-19(24)23(13-15)16-10-8-14(2)9-11-16/h4-11,15H,3,12-13H2,1-2H3,(H2,21,22,25). The van der Waals surface area contributed by atoms with Crippen LogP contribution in [0.15, 0.2) is 48.5 Å². The van der Waals surface area contributed by atoms with Crippen LogP contribution in [0.2, 0.25) is 0 Å². The van der Waals surface area contributed by atoms with Crippen LogP contribution in [-0.2, 0) is 4.79 Å². The van der Waals surface area contributed by atoms with Crippen molar-refractivity contribution in [1.29, 1.82) is 0 Å². The van der Waals surface area contributed by atoms with Crippen LogP contribution >= 0.6 is 0 Å². The molecule has 6 heteroatoms. The van der Waals surface area contributed by atoms with E-state index in [0.717, 1.165) is 11.3 Å². The predicted molar refractivity (Wildman–Crippen MR) is 102 cm³/mol. The van der Waals surface area contributed by atoms with E-state index in [4.69, 9.17) is 4.74 Å². The lowest BCUT2D eigenvalue weighted by Gasteiger charge is -2.18. The number of urea groups is 1. The zero-order chi connectivity index (χ0) is 18.5. The molecule has 1 fully saturated rings. The molecule has 2 aromatic carbocycles. The maximum absolute atomic E-state index is 12.3. The average Bonchev–Trinajstić information content (AvgIpc) is 2.97. The van der Waals surface area contributed by atoms with Gasteiger partial charge in [-0.15, -0.1) is 0 Å². The smallest absolute Gasteiger partial charge is 0.319 e. The van der Waals surface area contributed by atoms with Gasteiger partial charge in [-0.3, -0.25) is 4.79 Å². The van der Waals surface area contributed by atoms with Gasteiger partial charge in [0.2, 0.25) is 5.91 Å². The van der Waals surface area contributed by atoms with Gasteiger partial charge in [-0.25, -0.2) is 4.79 Å². The molecule has 2 N–H and O–H groups in total. The van der Waals surface area contributed by atoms with Crippen LogP contribution in [0.3, 0.4) is 0 Å². The number of nitrogens with zero attached hydrogens (tertiary/aromatic N) is 1. The fraction of sp³-hybridized carbons (Fsp3) is 0.300. The highest BCUT2D eigenvalue weighted by Gasteiger charge is 2.31. The normalized spacial score (nSPS) is 16.5. The molecule has 1 heterocycles. The SMILES string of the molecule is CCOc1ccccc1NC(=O)NC1CC(=O)N(c2ccc(C)cc2)C1. The van der Waals surface area contributed by atoms with Crippen LogP contribution in [0, 0.1) is 6.92 Å². The van der Waals surface area contributed by atoms with E-state index in [9.17, 15) is 9.59 Å². The van der Waals surface area contributed by atoms with Gasteiger partial charge in [0, 0.05) is 18.7 Å². The van der Waals surface area contributed by atoms with Crippen molar-refractivity contribution in [3.8, 4) is 5.75 Å². The molecule has 6 nitrogen and oxygen atoms in total. The van der Waals surface area contributed by atoms with Crippen molar-refractivity contribution in [1.82, 2.24) is 5.32 Å². The van der Waals surface area contributed by atoms with Gasteiger partial charge in [0.25, 0.3) is 0 Å². The molecule has 3 rings (SSSR count). The molecule has 1 unspecified atom stereocenters. The van der Waals surface area contributed by atoms with Gasteiger partial charge in [0.05, 0.1) is 18.3 Å². The zero-order valence-electron chi connectivity index (χ0n) is 15.0. The summed E-state index contributed by atoms with van der Waals surface area (Å²) < 4.78 is 5.50. The Morgan fingerprint density at radius 1 is 1.19 bits per heavy atom. The van der Waals surface area contributed by atoms with E-state index in [1.807, 2.05) is 50.2 Å². The Kier molecular flexibility index (Phi) is 5.41. The first-order valence-corrected chi connectivity index (χ1v) is 8.73. The summed E-state index contributed by atoms with van der Waals surface area (Å²) in [5.74, 6) is 0.628. The van der Waals surface area contributed by atoms with Crippen LogP contribution in [-0.4, -0.2) is 31.1 Å². The van der Waals surface area contributed by atoms with Gasteiger partial charge in [0.15, 0.2) is 0 Å². The molecular formula is C20H23N3O3. The Hall–Kier alpha value is -3.02. The third kappa shape index (κ3) is 4.14. The number of hydrogen-bond acceptors (Lipinski definition) is 3. The Balaban J connectivity index is 1.60. The molecule has 0 aliphatic carbocycles. The van der Waals surface area contributed by atoms with Gasteiger partial charge in [-0.1, -0.05) is 29.8 Å². The minimum absolute atomic E-state index is 0.00821. The molecule has 1 atom stereocenters. The molecule has 0 saturated carbocycles. The largest absolute Gasteiger partial charge is 0.492 e. The maximum atomic E-state index is 12.3. The van der Waals surface area contributed by atoms with E-state index >= 15 is 0 Å². The quantitative estimate of drug-likeness (QED) is 0.866. The van der Waals surface area contributed by atoms with Crippen molar-refractivity contribution in [2.24, 2.45) is 0 Å². The molecule has 0 bridgehead atoms. The molecule has 136 valence electrons. The Labute approximate surface area is 153 Å². The number of nitrogens with one attached hydrogen (secondary N) is 2. The second kappa shape index (κ2) is 7.91. The minimum Gasteiger partial charge on any atom is -0.492 e. The van der Waals surface area contributed by atoms with Crippen molar-refractivity contribution >= 4 is 23.3 Å². The van der Waals surface area contributed by atoms with Crippen molar-refractivity contribution in [3.63, 3.8) is 0 Å². The second-order valence-corrected chi connectivity index (χ2v) is 6.27. The van der Waals surface area contributed by atoms with Gasteiger partial charge >= 0.3 is 6.03 Å². The molecule has 1 aliphatic rings. The highest BCUT2D eigenvalue weighted by Crippen LogP contribution is 2.24. The number of rotatable bonds is 5. The summed E-state index contributed by atoms with van der Waals surface area (Å²) in [5.41, 5.74) is 2.60. The molecule has 3 amide bonds. The summed E-state index contributed by atoms with van der Waals surface area (Å²) in [6, 6.07) is 14.5. The summed E-state index contributed by atoms with van der Waals surface area (Å²) in [6.45, 7) is 4.87. The molecule has 1 saturated heterocycles. The first-order valence-electron chi connectivity index (χ1n) is 8.73. The zero-order valence-corrected chi connectivity index (χ0v) is 15.0. The summed E-state index contributed by atoms with van der Waals surface area (Å²) in [6.07, 6.45) is 0.286. The number of carbonyl (C=O) groups is 2. The van der Waals surface area contributed by atoms with E-state index in [-0.39, 0.29) is 24.4 Å². The predicted octanol–water partition coefficient (Wildman–Crippen LogP) is 3.32. The molecule has 26 heavy (non-hydrogen) atoms. The van der Waals surface area contributed by atoms with Crippen LogP contribution in [0.25, 0.3) is 0 Å². The monoisotopic (exact) mass is 353 g/mol. The van der Waals surface area contributed by atoms with Gasteiger partial charge in [-0.2, -0.15) is 0 Å². The highest BCUT2D eigenvalue weighted by atomic mass is 16.5. The lowest BCUT2D eigenvalue weighted by atomic mass is 10.2. The number of aryl methyl sites for hydroxylation is 1. The second-order valence-electron chi connectivity index (χ2n) is 6.27. The lowest BCUT2D eigenvalue weighted by molar-refractivity contribution is -0.117. The molecule has 1 aliphatic heterocycles. The Morgan fingerprint density at radius 3 is 2.65 bits per heavy atom. The summed E-state index contributed by atoms with van der Waals surface area (Å²) in [7, 11) is 0. The maximum Gasteiger partial charge on any atom is 0.319 e. The van der Waals surface area contributed by atoms with E-state index in [2.05, 4.69) is 10.6 Å².